The smallest absolute Gasteiger partial charge is 0.309 e. The fourth-order valence-electron chi connectivity index (χ4n) is 2.66. The lowest BCUT2D eigenvalue weighted by Gasteiger charge is -2.33. The van der Waals surface area contributed by atoms with Gasteiger partial charge in [-0.2, -0.15) is 0 Å². The quantitative estimate of drug-likeness (QED) is 0.422. The van der Waals surface area contributed by atoms with Crippen molar-refractivity contribution < 1.29 is 14.3 Å². The third-order valence-electron chi connectivity index (χ3n) is 4.06. The van der Waals surface area contributed by atoms with Gasteiger partial charge in [0.2, 0.25) is 5.91 Å². The number of hydrogen-bond acceptors (Lipinski definition) is 4. The van der Waals surface area contributed by atoms with Crippen LogP contribution in [0.1, 0.15) is 39.5 Å². The molecular weight excluding hydrogens is 296 g/mol. The first-order valence-corrected chi connectivity index (χ1v) is 8.63. The first-order chi connectivity index (χ1) is 11.1. The van der Waals surface area contributed by atoms with E-state index in [2.05, 4.69) is 20.5 Å². The van der Waals surface area contributed by atoms with Crippen LogP contribution in [0.5, 0.6) is 0 Å². The number of carbonyl (C=O) groups excluding carboxylic acids is 2. The van der Waals surface area contributed by atoms with Crippen LogP contribution in [0.25, 0.3) is 0 Å². The van der Waals surface area contributed by atoms with Crippen molar-refractivity contribution >= 4 is 17.8 Å². The molecule has 0 aromatic carbocycles. The molecule has 2 N–H and O–H groups in total. The van der Waals surface area contributed by atoms with Crippen molar-refractivity contribution in [2.75, 3.05) is 32.8 Å². The van der Waals surface area contributed by atoms with Gasteiger partial charge in [0.25, 0.3) is 0 Å². The molecule has 0 bridgehead atoms. The molecule has 2 rings (SSSR count). The van der Waals surface area contributed by atoms with E-state index in [1.54, 1.807) is 0 Å². The van der Waals surface area contributed by atoms with Crippen LogP contribution in [0.3, 0.4) is 0 Å². The van der Waals surface area contributed by atoms with Crippen molar-refractivity contribution in [1.29, 1.82) is 0 Å². The average Bonchev–Trinajstić information content (AvgIpc) is 3.36. The summed E-state index contributed by atoms with van der Waals surface area (Å²) in [4.78, 5) is 30.1. The molecule has 7 nitrogen and oxygen atoms in total. The van der Waals surface area contributed by atoms with Crippen LogP contribution in [0, 0.1) is 5.92 Å². The number of ether oxygens (including phenoxy) is 1. The van der Waals surface area contributed by atoms with Gasteiger partial charge in [-0.15, -0.1) is 0 Å². The number of guanidine groups is 1. The van der Waals surface area contributed by atoms with E-state index in [0.717, 1.165) is 51.3 Å². The molecule has 0 atom stereocenters. The molecule has 0 radical (unpaired) electrons. The summed E-state index contributed by atoms with van der Waals surface area (Å²) in [6.45, 7) is 6.66. The minimum absolute atomic E-state index is 0.0211. The summed E-state index contributed by atoms with van der Waals surface area (Å²) in [5.41, 5.74) is 0. The first kappa shape index (κ1) is 17.6. The van der Waals surface area contributed by atoms with Crippen molar-refractivity contribution in [3.63, 3.8) is 0 Å². The van der Waals surface area contributed by atoms with Gasteiger partial charge >= 0.3 is 5.97 Å². The Labute approximate surface area is 137 Å². The molecule has 1 aliphatic carbocycles. The predicted molar refractivity (Wildman–Crippen MR) is 88.1 cm³/mol. The van der Waals surface area contributed by atoms with E-state index in [1.165, 1.54) is 0 Å². The third kappa shape index (κ3) is 5.73. The molecule has 0 aromatic heterocycles. The molecule has 2 fully saturated rings. The predicted octanol–water partition coefficient (Wildman–Crippen LogP) is 0.506. The lowest BCUT2D eigenvalue weighted by atomic mass is 9.97. The van der Waals surface area contributed by atoms with Crippen LogP contribution in [-0.4, -0.2) is 61.6 Å². The van der Waals surface area contributed by atoms with E-state index in [-0.39, 0.29) is 24.3 Å². The topological polar surface area (TPSA) is 83.0 Å². The van der Waals surface area contributed by atoms with Crippen molar-refractivity contribution in [3.05, 3.63) is 0 Å². The molecular formula is C16H28N4O3. The highest BCUT2D eigenvalue weighted by atomic mass is 16.5. The number of aliphatic imine (C=N–C) groups is 1. The number of rotatable bonds is 6. The Morgan fingerprint density at radius 3 is 2.43 bits per heavy atom. The summed E-state index contributed by atoms with van der Waals surface area (Å²) in [7, 11) is 0. The number of nitrogens with zero attached hydrogens (tertiary/aromatic N) is 2. The SMILES string of the molecule is CCNC(=NCC(=O)NC1CC1)N1CCC(C(=O)OCC)CC1. The Morgan fingerprint density at radius 2 is 1.87 bits per heavy atom. The Kier molecular flexibility index (Phi) is 6.67. The molecule has 1 amide bonds. The van der Waals surface area contributed by atoms with Crippen molar-refractivity contribution in [1.82, 2.24) is 15.5 Å². The standard InChI is InChI=1S/C16H28N4O3/c1-3-17-16(18-11-14(21)19-13-5-6-13)20-9-7-12(8-10-20)15(22)23-4-2/h12-13H,3-11H2,1-2H3,(H,17,18)(H,19,21). The summed E-state index contributed by atoms with van der Waals surface area (Å²) in [6.07, 6.45) is 3.68. The second-order valence-corrected chi connectivity index (χ2v) is 6.03. The highest BCUT2D eigenvalue weighted by Crippen LogP contribution is 2.19. The normalized spacial score (nSPS) is 19.4. The maximum absolute atomic E-state index is 11.8. The van der Waals surface area contributed by atoms with Crippen LogP contribution in [0.2, 0.25) is 0 Å². The van der Waals surface area contributed by atoms with Crippen molar-refractivity contribution in [3.8, 4) is 0 Å². The Balaban J connectivity index is 1.83. The number of hydrogen-bond donors (Lipinski definition) is 2. The Morgan fingerprint density at radius 1 is 1.17 bits per heavy atom. The highest BCUT2D eigenvalue weighted by molar-refractivity contribution is 5.85. The van der Waals surface area contributed by atoms with Gasteiger partial charge in [0.05, 0.1) is 12.5 Å². The second kappa shape index (κ2) is 8.74. The van der Waals surface area contributed by atoms with Crippen LogP contribution in [-0.2, 0) is 14.3 Å². The van der Waals surface area contributed by atoms with E-state index in [4.69, 9.17) is 4.74 Å². The monoisotopic (exact) mass is 324 g/mol. The number of nitrogens with one attached hydrogen (secondary N) is 2. The number of amides is 1. The van der Waals surface area contributed by atoms with Crippen molar-refractivity contribution in [2.24, 2.45) is 10.9 Å². The van der Waals surface area contributed by atoms with Crippen molar-refractivity contribution in [2.45, 2.75) is 45.6 Å². The van der Waals surface area contributed by atoms with E-state index in [0.29, 0.717) is 12.6 Å². The van der Waals surface area contributed by atoms with Gasteiger partial charge in [-0.25, -0.2) is 4.99 Å². The molecule has 23 heavy (non-hydrogen) atoms. The largest absolute Gasteiger partial charge is 0.466 e. The zero-order valence-corrected chi connectivity index (χ0v) is 14.1. The zero-order chi connectivity index (χ0) is 16.7. The van der Waals surface area contributed by atoms with Gasteiger partial charge in [0.15, 0.2) is 5.96 Å². The van der Waals surface area contributed by atoms with E-state index in [9.17, 15) is 9.59 Å². The molecule has 2 aliphatic rings. The van der Waals surface area contributed by atoms with Gasteiger partial charge in [-0.05, 0) is 39.5 Å². The maximum atomic E-state index is 11.8. The minimum Gasteiger partial charge on any atom is -0.466 e. The molecule has 7 heteroatoms. The lowest BCUT2D eigenvalue weighted by molar-refractivity contribution is -0.149. The molecule has 1 aliphatic heterocycles. The molecule has 130 valence electrons. The minimum atomic E-state index is -0.0992. The Bertz CT molecular complexity index is 441. The molecule has 0 aromatic rings. The first-order valence-electron chi connectivity index (χ1n) is 8.63. The number of esters is 1. The van der Waals surface area contributed by atoms with E-state index in [1.807, 2.05) is 13.8 Å². The fraction of sp³-hybridized carbons (Fsp3) is 0.812. The molecule has 1 saturated carbocycles. The molecule has 0 spiro atoms. The van der Waals surface area contributed by atoms with Gasteiger partial charge in [0, 0.05) is 25.7 Å². The summed E-state index contributed by atoms with van der Waals surface area (Å²) in [5, 5.41) is 6.16. The highest BCUT2D eigenvalue weighted by Gasteiger charge is 2.27. The summed E-state index contributed by atoms with van der Waals surface area (Å²) in [6, 6.07) is 0.362. The fourth-order valence-corrected chi connectivity index (χ4v) is 2.66. The zero-order valence-electron chi connectivity index (χ0n) is 14.1. The van der Waals surface area contributed by atoms with Gasteiger partial charge in [-0.1, -0.05) is 0 Å². The average molecular weight is 324 g/mol. The third-order valence-corrected chi connectivity index (χ3v) is 4.06. The Hall–Kier alpha value is -1.79. The van der Waals surface area contributed by atoms with Gasteiger partial charge < -0.3 is 20.3 Å². The molecule has 1 heterocycles. The van der Waals surface area contributed by atoms with Crippen LogP contribution >= 0.6 is 0 Å². The van der Waals surface area contributed by atoms with E-state index >= 15 is 0 Å². The number of likely N-dealkylation sites (tertiary alicyclic amines) is 1. The van der Waals surface area contributed by atoms with Gasteiger partial charge in [0.1, 0.15) is 6.54 Å². The molecule has 0 unspecified atom stereocenters. The van der Waals surface area contributed by atoms with Crippen LogP contribution in [0.4, 0.5) is 0 Å². The summed E-state index contributed by atoms with van der Waals surface area (Å²) in [5.74, 6) is 0.607. The maximum Gasteiger partial charge on any atom is 0.309 e. The summed E-state index contributed by atoms with van der Waals surface area (Å²) < 4.78 is 5.09. The van der Waals surface area contributed by atoms with Crippen LogP contribution < -0.4 is 10.6 Å². The van der Waals surface area contributed by atoms with Crippen LogP contribution in [0.15, 0.2) is 4.99 Å². The number of carbonyl (C=O) groups is 2. The number of piperidine rings is 1. The second-order valence-electron chi connectivity index (χ2n) is 6.03. The van der Waals surface area contributed by atoms with Gasteiger partial charge in [-0.3, -0.25) is 9.59 Å². The summed E-state index contributed by atoms with van der Waals surface area (Å²) >= 11 is 0. The molecule has 1 saturated heterocycles. The van der Waals surface area contributed by atoms with E-state index < -0.39 is 0 Å². The lowest BCUT2D eigenvalue weighted by Crippen LogP contribution is -2.47.